The number of amides is 1. The number of carbonyl (C=O) groups excluding carboxylic acids is 1. The van der Waals surface area contributed by atoms with Gasteiger partial charge in [-0.3, -0.25) is 19.6 Å². The molecule has 2 N–H and O–H groups in total. The van der Waals surface area contributed by atoms with Crippen LogP contribution in [-0.4, -0.2) is 58.3 Å². The number of nitrogens with one attached hydrogen (secondary N) is 2. The summed E-state index contributed by atoms with van der Waals surface area (Å²) in [5.74, 6) is 1.29. The minimum atomic E-state index is -0.637. The summed E-state index contributed by atoms with van der Waals surface area (Å²) in [6, 6.07) is 1.43. The third kappa shape index (κ3) is 4.63. The molecule has 12 heteroatoms. The van der Waals surface area contributed by atoms with E-state index in [1.165, 1.54) is 12.3 Å². The first-order valence-corrected chi connectivity index (χ1v) is 11.7. The molecule has 1 saturated heterocycles. The zero-order chi connectivity index (χ0) is 24.5. The minimum absolute atomic E-state index is 0.0413. The molecule has 0 bridgehead atoms. The minimum Gasteiger partial charge on any atom is -0.443 e. The number of hydrogen-bond acceptors (Lipinski definition) is 8. The Morgan fingerprint density at radius 1 is 1.29 bits per heavy atom. The van der Waals surface area contributed by atoms with Gasteiger partial charge in [-0.2, -0.15) is 0 Å². The highest BCUT2D eigenvalue weighted by molar-refractivity contribution is 5.97. The molecule has 1 aliphatic rings. The molecule has 1 amide bonds. The highest BCUT2D eigenvalue weighted by atomic mass is 16.4. The van der Waals surface area contributed by atoms with E-state index in [4.69, 9.17) is 4.42 Å². The molecule has 1 aliphatic heterocycles. The van der Waals surface area contributed by atoms with Crippen molar-refractivity contribution in [3.05, 3.63) is 67.9 Å². The van der Waals surface area contributed by atoms with E-state index in [0.29, 0.717) is 25.1 Å². The molecular weight excluding hydrogens is 452 g/mol. The summed E-state index contributed by atoms with van der Waals surface area (Å²) in [7, 11) is 0. The maximum absolute atomic E-state index is 13.3. The van der Waals surface area contributed by atoms with E-state index >= 15 is 0 Å². The quantitative estimate of drug-likeness (QED) is 0.403. The van der Waals surface area contributed by atoms with Gasteiger partial charge >= 0.3 is 5.69 Å². The van der Waals surface area contributed by atoms with E-state index in [1.54, 1.807) is 9.58 Å². The Hall–Kier alpha value is -4.09. The second-order valence-electron chi connectivity index (χ2n) is 8.80. The molecule has 1 unspecified atom stereocenters. The summed E-state index contributed by atoms with van der Waals surface area (Å²) in [5, 5.41) is 8.69. The molecule has 12 nitrogen and oxygen atoms in total. The van der Waals surface area contributed by atoms with Crippen LogP contribution in [0.4, 0.5) is 0 Å². The SMILES string of the molecule is CCCc1nc(C)c(Cn2cc(CC3CCCN3C(=O)c3cnc4[nH]c(=O)[nH]c(=O)c4c3)nn2)o1. The monoisotopic (exact) mass is 478 g/mol. The summed E-state index contributed by atoms with van der Waals surface area (Å²) in [6.45, 7) is 5.06. The van der Waals surface area contributed by atoms with E-state index in [-0.39, 0.29) is 23.0 Å². The predicted molar refractivity (Wildman–Crippen MR) is 125 cm³/mol. The predicted octanol–water partition coefficient (Wildman–Crippen LogP) is 1.35. The summed E-state index contributed by atoms with van der Waals surface area (Å²) < 4.78 is 7.56. The van der Waals surface area contributed by atoms with E-state index in [0.717, 1.165) is 48.7 Å². The normalized spacial score (nSPS) is 15.8. The number of aryl methyl sites for hydroxylation is 2. The Labute approximate surface area is 199 Å². The first kappa shape index (κ1) is 22.7. The molecule has 0 saturated carbocycles. The average molecular weight is 479 g/mol. The van der Waals surface area contributed by atoms with Crippen molar-refractivity contribution in [2.24, 2.45) is 0 Å². The zero-order valence-electron chi connectivity index (χ0n) is 19.6. The van der Waals surface area contributed by atoms with Crippen LogP contribution in [0.1, 0.15) is 59.6 Å². The number of oxazole rings is 1. The number of fused-ring (bicyclic) bond motifs is 1. The van der Waals surface area contributed by atoms with Crippen LogP contribution in [0, 0.1) is 6.92 Å². The molecule has 4 aromatic rings. The number of aromatic nitrogens is 7. The maximum Gasteiger partial charge on any atom is 0.327 e. The van der Waals surface area contributed by atoms with Crippen LogP contribution < -0.4 is 11.2 Å². The highest BCUT2D eigenvalue weighted by Crippen LogP contribution is 2.23. The number of aromatic amines is 2. The Balaban J connectivity index is 1.30. The first-order valence-electron chi connectivity index (χ1n) is 11.7. The zero-order valence-corrected chi connectivity index (χ0v) is 19.6. The van der Waals surface area contributed by atoms with Crippen LogP contribution in [0.5, 0.6) is 0 Å². The fourth-order valence-corrected chi connectivity index (χ4v) is 4.50. The van der Waals surface area contributed by atoms with Crippen molar-refractivity contribution < 1.29 is 9.21 Å². The van der Waals surface area contributed by atoms with Crippen molar-refractivity contribution in [2.45, 2.75) is 58.5 Å². The lowest BCUT2D eigenvalue weighted by Crippen LogP contribution is -2.37. The lowest BCUT2D eigenvalue weighted by atomic mass is 10.1. The van der Waals surface area contributed by atoms with Gasteiger partial charge in [-0.05, 0) is 32.3 Å². The van der Waals surface area contributed by atoms with E-state index < -0.39 is 11.2 Å². The molecular formula is C23H26N8O4. The van der Waals surface area contributed by atoms with E-state index in [1.807, 2.05) is 13.1 Å². The molecule has 0 radical (unpaired) electrons. The number of carbonyl (C=O) groups is 1. The van der Waals surface area contributed by atoms with Gasteiger partial charge in [0, 0.05) is 37.8 Å². The van der Waals surface area contributed by atoms with Gasteiger partial charge in [0.1, 0.15) is 18.0 Å². The third-order valence-corrected chi connectivity index (χ3v) is 6.21. The van der Waals surface area contributed by atoms with Crippen molar-refractivity contribution in [3.63, 3.8) is 0 Å². The summed E-state index contributed by atoms with van der Waals surface area (Å²) in [6.07, 6.45) is 7.31. The van der Waals surface area contributed by atoms with Crippen LogP contribution in [0.25, 0.3) is 11.0 Å². The Morgan fingerprint density at radius 2 is 2.14 bits per heavy atom. The van der Waals surface area contributed by atoms with Gasteiger partial charge < -0.3 is 9.32 Å². The fourth-order valence-electron chi connectivity index (χ4n) is 4.50. The van der Waals surface area contributed by atoms with Crippen molar-refractivity contribution in [1.29, 1.82) is 0 Å². The van der Waals surface area contributed by atoms with Crippen LogP contribution in [0.3, 0.4) is 0 Å². The lowest BCUT2D eigenvalue weighted by Gasteiger charge is -2.24. The molecule has 1 fully saturated rings. The molecule has 5 heterocycles. The van der Waals surface area contributed by atoms with E-state index in [2.05, 4.69) is 37.2 Å². The molecule has 182 valence electrons. The number of likely N-dealkylation sites (tertiary alicyclic amines) is 1. The molecule has 35 heavy (non-hydrogen) atoms. The number of rotatable bonds is 7. The first-order chi connectivity index (χ1) is 16.9. The summed E-state index contributed by atoms with van der Waals surface area (Å²) in [5.41, 5.74) is 0.866. The summed E-state index contributed by atoms with van der Waals surface area (Å²) >= 11 is 0. The second kappa shape index (κ2) is 9.28. The highest BCUT2D eigenvalue weighted by Gasteiger charge is 2.30. The topological polar surface area (TPSA) is 156 Å². The molecule has 0 spiro atoms. The summed E-state index contributed by atoms with van der Waals surface area (Å²) in [4.78, 5) is 51.8. The Morgan fingerprint density at radius 3 is 2.97 bits per heavy atom. The van der Waals surface area contributed by atoms with Gasteiger partial charge in [-0.15, -0.1) is 5.10 Å². The Kier molecular flexibility index (Phi) is 6.01. The van der Waals surface area contributed by atoms with Crippen LogP contribution in [0.2, 0.25) is 0 Å². The molecule has 1 atom stereocenters. The van der Waals surface area contributed by atoms with Crippen molar-refractivity contribution in [2.75, 3.05) is 6.54 Å². The van der Waals surface area contributed by atoms with Crippen LogP contribution >= 0.6 is 0 Å². The fraction of sp³-hybridized carbons (Fsp3) is 0.435. The second-order valence-corrected chi connectivity index (χ2v) is 8.80. The average Bonchev–Trinajstić information content (AvgIpc) is 3.55. The van der Waals surface area contributed by atoms with Crippen molar-refractivity contribution >= 4 is 16.9 Å². The third-order valence-electron chi connectivity index (χ3n) is 6.21. The number of hydrogen-bond donors (Lipinski definition) is 2. The molecule has 0 aromatic carbocycles. The molecule has 5 rings (SSSR count). The maximum atomic E-state index is 13.3. The standard InChI is InChI=1S/C23H26N8O4/c1-3-5-19-25-13(2)18(35-19)12-30-11-15(28-29-30)9-16-6-4-7-31(16)22(33)14-8-17-20(24-10-14)26-23(34)27-21(17)32/h8,10-11,16H,3-7,9,12H2,1-2H3,(H2,24,26,27,32,34). The van der Waals surface area contributed by atoms with Crippen molar-refractivity contribution in [3.8, 4) is 0 Å². The van der Waals surface area contributed by atoms with Gasteiger partial charge in [0.15, 0.2) is 5.89 Å². The number of pyridine rings is 1. The number of nitrogens with zero attached hydrogens (tertiary/aromatic N) is 6. The van der Waals surface area contributed by atoms with Gasteiger partial charge in [0.05, 0.1) is 22.3 Å². The number of H-pyrrole nitrogens is 2. The van der Waals surface area contributed by atoms with E-state index in [9.17, 15) is 14.4 Å². The molecule has 4 aromatic heterocycles. The largest absolute Gasteiger partial charge is 0.443 e. The van der Waals surface area contributed by atoms with Gasteiger partial charge in [-0.1, -0.05) is 12.1 Å². The van der Waals surface area contributed by atoms with Gasteiger partial charge in [0.2, 0.25) is 0 Å². The lowest BCUT2D eigenvalue weighted by molar-refractivity contribution is 0.0735. The van der Waals surface area contributed by atoms with Crippen LogP contribution in [0.15, 0.2) is 32.5 Å². The van der Waals surface area contributed by atoms with Gasteiger partial charge in [0.25, 0.3) is 11.5 Å². The van der Waals surface area contributed by atoms with Crippen molar-refractivity contribution in [1.82, 2.24) is 39.8 Å². The van der Waals surface area contributed by atoms with Crippen LogP contribution in [-0.2, 0) is 19.4 Å². The molecule has 0 aliphatic carbocycles. The Bertz CT molecular complexity index is 1500. The van der Waals surface area contributed by atoms with Gasteiger partial charge in [-0.25, -0.2) is 19.4 Å². The smallest absolute Gasteiger partial charge is 0.327 e.